The lowest BCUT2D eigenvalue weighted by Crippen LogP contribution is -2.40. The summed E-state index contributed by atoms with van der Waals surface area (Å²) in [4.78, 5) is 22.2. The smallest absolute Gasteiger partial charge is 0.326 e. The SMILES string of the molecule is CC[C@@H](NC(=O)c1cnn(C)c1)C(=O)O. The monoisotopic (exact) mass is 211 g/mol. The Morgan fingerprint density at radius 2 is 2.33 bits per heavy atom. The highest BCUT2D eigenvalue weighted by Crippen LogP contribution is 1.98. The molecule has 82 valence electrons. The number of carboxylic acid groups (broad SMARTS) is 1. The Hall–Kier alpha value is -1.85. The molecule has 0 bridgehead atoms. The standard InChI is InChI=1S/C9H13N3O3/c1-3-7(9(14)15)11-8(13)6-4-10-12(2)5-6/h4-5,7H,3H2,1-2H3,(H,11,13)(H,14,15)/t7-/m1/s1. The third kappa shape index (κ3) is 2.80. The Kier molecular flexibility index (Phi) is 3.43. The Labute approximate surface area is 86.9 Å². The highest BCUT2D eigenvalue weighted by Gasteiger charge is 2.18. The van der Waals surface area contributed by atoms with Crippen LogP contribution < -0.4 is 5.32 Å². The molecule has 0 aromatic carbocycles. The van der Waals surface area contributed by atoms with Crippen molar-refractivity contribution in [1.82, 2.24) is 15.1 Å². The van der Waals surface area contributed by atoms with E-state index in [4.69, 9.17) is 5.11 Å². The van der Waals surface area contributed by atoms with Crippen molar-refractivity contribution in [1.29, 1.82) is 0 Å². The second-order valence-electron chi connectivity index (χ2n) is 3.18. The summed E-state index contributed by atoms with van der Waals surface area (Å²) in [6.07, 6.45) is 3.27. The number of carbonyl (C=O) groups excluding carboxylic acids is 1. The van der Waals surface area contributed by atoms with Crippen molar-refractivity contribution in [3.8, 4) is 0 Å². The first-order valence-electron chi connectivity index (χ1n) is 4.57. The summed E-state index contributed by atoms with van der Waals surface area (Å²) in [5.74, 6) is -1.45. The van der Waals surface area contributed by atoms with Crippen LogP contribution in [-0.2, 0) is 11.8 Å². The van der Waals surface area contributed by atoms with Gasteiger partial charge in [0.25, 0.3) is 5.91 Å². The van der Waals surface area contributed by atoms with Crippen LogP contribution in [-0.4, -0.2) is 32.8 Å². The quantitative estimate of drug-likeness (QED) is 0.735. The Balaban J connectivity index is 2.66. The van der Waals surface area contributed by atoms with Crippen LogP contribution in [0.2, 0.25) is 0 Å². The highest BCUT2D eigenvalue weighted by molar-refractivity contribution is 5.96. The summed E-state index contributed by atoms with van der Waals surface area (Å²) in [6.45, 7) is 1.70. The van der Waals surface area contributed by atoms with Crippen molar-refractivity contribution in [3.05, 3.63) is 18.0 Å². The van der Waals surface area contributed by atoms with Gasteiger partial charge in [-0.2, -0.15) is 5.10 Å². The van der Waals surface area contributed by atoms with E-state index in [0.717, 1.165) is 0 Å². The molecule has 6 nitrogen and oxygen atoms in total. The van der Waals surface area contributed by atoms with Crippen molar-refractivity contribution < 1.29 is 14.7 Å². The van der Waals surface area contributed by atoms with E-state index in [1.54, 1.807) is 14.0 Å². The Morgan fingerprint density at radius 1 is 1.67 bits per heavy atom. The van der Waals surface area contributed by atoms with Crippen molar-refractivity contribution in [2.45, 2.75) is 19.4 Å². The van der Waals surface area contributed by atoms with E-state index in [2.05, 4.69) is 10.4 Å². The summed E-state index contributed by atoms with van der Waals surface area (Å²) in [5, 5.41) is 15.0. The molecule has 1 aromatic rings. The van der Waals surface area contributed by atoms with Crippen molar-refractivity contribution >= 4 is 11.9 Å². The molecule has 1 aromatic heterocycles. The van der Waals surface area contributed by atoms with E-state index in [9.17, 15) is 9.59 Å². The molecule has 0 radical (unpaired) electrons. The minimum absolute atomic E-state index is 0.349. The molecule has 1 rings (SSSR count). The second kappa shape index (κ2) is 4.59. The number of amides is 1. The maximum atomic E-state index is 11.5. The molecule has 0 saturated carbocycles. The van der Waals surface area contributed by atoms with Gasteiger partial charge in [-0.25, -0.2) is 4.79 Å². The number of hydrogen-bond acceptors (Lipinski definition) is 3. The largest absolute Gasteiger partial charge is 0.480 e. The molecule has 2 N–H and O–H groups in total. The zero-order valence-electron chi connectivity index (χ0n) is 8.60. The van der Waals surface area contributed by atoms with Crippen LogP contribution in [0.25, 0.3) is 0 Å². The Morgan fingerprint density at radius 3 is 2.73 bits per heavy atom. The molecular formula is C9H13N3O3. The predicted octanol–water partition coefficient (Wildman–Crippen LogP) is 0.0131. The summed E-state index contributed by atoms with van der Waals surface area (Å²) < 4.78 is 1.48. The van der Waals surface area contributed by atoms with Crippen molar-refractivity contribution in [3.63, 3.8) is 0 Å². The summed E-state index contributed by atoms with van der Waals surface area (Å²) in [5.41, 5.74) is 0.359. The molecule has 1 heterocycles. The molecular weight excluding hydrogens is 198 g/mol. The first-order valence-corrected chi connectivity index (χ1v) is 4.57. The maximum absolute atomic E-state index is 11.5. The average molecular weight is 211 g/mol. The predicted molar refractivity (Wildman–Crippen MR) is 52.4 cm³/mol. The van der Waals surface area contributed by atoms with E-state index in [1.807, 2.05) is 0 Å². The van der Waals surface area contributed by atoms with Crippen LogP contribution in [0, 0.1) is 0 Å². The fourth-order valence-corrected chi connectivity index (χ4v) is 1.12. The van der Waals surface area contributed by atoms with Gasteiger partial charge in [-0.05, 0) is 6.42 Å². The molecule has 1 amide bonds. The van der Waals surface area contributed by atoms with Gasteiger partial charge < -0.3 is 10.4 Å². The molecule has 0 aliphatic heterocycles. The molecule has 0 spiro atoms. The zero-order chi connectivity index (χ0) is 11.4. The van der Waals surface area contributed by atoms with Crippen LogP contribution in [0.5, 0.6) is 0 Å². The summed E-state index contributed by atoms with van der Waals surface area (Å²) in [6, 6.07) is -0.849. The molecule has 0 aliphatic carbocycles. The average Bonchev–Trinajstić information content (AvgIpc) is 2.60. The lowest BCUT2D eigenvalue weighted by molar-refractivity contribution is -0.139. The van der Waals surface area contributed by atoms with E-state index in [-0.39, 0.29) is 0 Å². The number of carbonyl (C=O) groups is 2. The van der Waals surface area contributed by atoms with Gasteiger partial charge in [0, 0.05) is 13.2 Å². The van der Waals surface area contributed by atoms with Gasteiger partial charge in [-0.3, -0.25) is 9.48 Å². The number of nitrogens with one attached hydrogen (secondary N) is 1. The van der Waals surface area contributed by atoms with Crippen LogP contribution in [0.3, 0.4) is 0 Å². The molecule has 0 saturated heterocycles. The number of rotatable bonds is 4. The molecule has 1 atom stereocenters. The van der Waals surface area contributed by atoms with Gasteiger partial charge in [0.2, 0.25) is 0 Å². The number of aliphatic carboxylic acids is 1. The first kappa shape index (κ1) is 11.2. The third-order valence-electron chi connectivity index (χ3n) is 1.98. The number of hydrogen-bond donors (Lipinski definition) is 2. The van der Waals surface area contributed by atoms with Crippen LogP contribution in [0.4, 0.5) is 0 Å². The van der Waals surface area contributed by atoms with Crippen LogP contribution in [0.1, 0.15) is 23.7 Å². The maximum Gasteiger partial charge on any atom is 0.326 e. The van der Waals surface area contributed by atoms with Gasteiger partial charge in [-0.1, -0.05) is 6.92 Å². The van der Waals surface area contributed by atoms with Crippen LogP contribution >= 0.6 is 0 Å². The van der Waals surface area contributed by atoms with E-state index in [1.165, 1.54) is 17.1 Å². The zero-order valence-corrected chi connectivity index (χ0v) is 8.60. The fourth-order valence-electron chi connectivity index (χ4n) is 1.12. The van der Waals surface area contributed by atoms with Crippen molar-refractivity contribution in [2.24, 2.45) is 7.05 Å². The minimum Gasteiger partial charge on any atom is -0.480 e. The third-order valence-corrected chi connectivity index (χ3v) is 1.98. The molecule has 0 aliphatic rings. The molecule has 6 heteroatoms. The lowest BCUT2D eigenvalue weighted by Gasteiger charge is -2.10. The van der Waals surface area contributed by atoms with Gasteiger partial charge in [-0.15, -0.1) is 0 Å². The lowest BCUT2D eigenvalue weighted by atomic mass is 10.2. The fraction of sp³-hybridized carbons (Fsp3) is 0.444. The minimum atomic E-state index is -1.03. The molecule has 0 fully saturated rings. The van der Waals surface area contributed by atoms with Gasteiger partial charge in [0.05, 0.1) is 11.8 Å². The number of nitrogens with zero attached hydrogens (tertiary/aromatic N) is 2. The van der Waals surface area contributed by atoms with Crippen LogP contribution in [0.15, 0.2) is 12.4 Å². The van der Waals surface area contributed by atoms with Gasteiger partial charge >= 0.3 is 5.97 Å². The van der Waals surface area contributed by atoms with Crippen molar-refractivity contribution in [2.75, 3.05) is 0 Å². The van der Waals surface area contributed by atoms with E-state index < -0.39 is 17.9 Å². The highest BCUT2D eigenvalue weighted by atomic mass is 16.4. The second-order valence-corrected chi connectivity index (χ2v) is 3.18. The number of carboxylic acids is 1. The summed E-state index contributed by atoms with van der Waals surface area (Å²) >= 11 is 0. The Bertz CT molecular complexity index is 372. The first-order chi connectivity index (χ1) is 7.04. The van der Waals surface area contributed by atoms with E-state index >= 15 is 0 Å². The van der Waals surface area contributed by atoms with Gasteiger partial charge in [0.1, 0.15) is 6.04 Å². The van der Waals surface area contributed by atoms with E-state index in [0.29, 0.717) is 12.0 Å². The molecule has 15 heavy (non-hydrogen) atoms. The normalized spacial score (nSPS) is 12.1. The topological polar surface area (TPSA) is 84.2 Å². The van der Waals surface area contributed by atoms with Gasteiger partial charge in [0.15, 0.2) is 0 Å². The molecule has 0 unspecified atom stereocenters. The summed E-state index contributed by atoms with van der Waals surface area (Å²) in [7, 11) is 1.69. The number of aryl methyl sites for hydroxylation is 1. The number of aromatic nitrogens is 2.